The average Bonchev–Trinajstić information content (AvgIpc) is 3.82. The molecule has 0 amide bonds. The van der Waals surface area contributed by atoms with Crippen molar-refractivity contribution in [1.29, 1.82) is 0 Å². The fourth-order valence-corrected chi connectivity index (χ4v) is 7.26. The molecule has 0 N–H and O–H groups in total. The van der Waals surface area contributed by atoms with E-state index < -0.39 is 48.3 Å². The monoisotopic (exact) mass is 640 g/mol. The van der Waals surface area contributed by atoms with Crippen LogP contribution in [0, 0.1) is 0 Å². The molecular weight excluding hydrogens is 607 g/mol. The van der Waals surface area contributed by atoms with Gasteiger partial charge in [0.2, 0.25) is 0 Å². The van der Waals surface area contributed by atoms with E-state index in [1.807, 2.05) is 66.7 Å². The molecule has 7 aromatic carbocycles. The Labute approximate surface area is 292 Å². The normalized spacial score (nSPS) is 14.4. The van der Waals surface area contributed by atoms with Crippen molar-refractivity contribution in [1.82, 2.24) is 15.0 Å². The highest BCUT2D eigenvalue weighted by molar-refractivity contribution is 7.25. The van der Waals surface area contributed by atoms with Gasteiger partial charge in [0, 0.05) is 53.0 Å². The van der Waals surface area contributed by atoms with Crippen molar-refractivity contribution in [3.63, 3.8) is 0 Å². The molecule has 0 aliphatic heterocycles. The third-order valence-electron chi connectivity index (χ3n) is 8.42. The van der Waals surface area contributed by atoms with E-state index >= 15 is 0 Å². The molecular formula is C43H25N3OS. The predicted octanol–water partition coefficient (Wildman–Crippen LogP) is 12.0. The van der Waals surface area contributed by atoms with E-state index in [4.69, 9.17) is 27.6 Å². The third kappa shape index (κ3) is 4.40. The zero-order valence-corrected chi connectivity index (χ0v) is 25.7. The predicted molar refractivity (Wildman–Crippen MR) is 199 cm³/mol. The smallest absolute Gasteiger partial charge is 0.164 e. The molecule has 4 nitrogen and oxygen atoms in total. The lowest BCUT2D eigenvalue weighted by molar-refractivity contribution is 0.673. The van der Waals surface area contributed by atoms with E-state index in [2.05, 4.69) is 30.3 Å². The van der Waals surface area contributed by atoms with Crippen LogP contribution in [0.25, 0.3) is 98.2 Å². The molecule has 5 heteroatoms. The molecule has 0 unspecified atom stereocenters. The second kappa shape index (κ2) is 10.7. The number of nitrogens with zero attached hydrogens (tertiary/aromatic N) is 3. The summed E-state index contributed by atoms with van der Waals surface area (Å²) in [7, 11) is 0. The number of aromatic nitrogens is 3. The van der Waals surface area contributed by atoms with E-state index in [-0.39, 0.29) is 61.8 Å². The summed E-state index contributed by atoms with van der Waals surface area (Å²) in [6.07, 6.45) is 0. The number of hydrogen-bond donors (Lipinski definition) is 0. The molecule has 0 aliphatic carbocycles. The standard InChI is InChI=1S/C43H25N3OS/c1-3-9-26(10-4-1)29-16-20-34-35-21-18-31(25-39(35)48-38(34)24-29)43-45-41(28-12-5-2-6-13-28)44-42(46-43)30-17-19-33-36-22-15-27-11-7-8-14-32(27)40(36)47-37(33)23-30/h1-25H/i7D,8D,11D,14D,15D,17D,19D,22D,23D. The summed E-state index contributed by atoms with van der Waals surface area (Å²) in [5.74, 6) is 0.518. The van der Waals surface area contributed by atoms with Gasteiger partial charge in [-0.1, -0.05) is 121 Å². The van der Waals surface area contributed by atoms with Crippen LogP contribution in [0.15, 0.2) is 156 Å². The number of hydrogen-bond acceptors (Lipinski definition) is 5. The Bertz CT molecular complexity index is 3350. The lowest BCUT2D eigenvalue weighted by atomic mass is 10.0. The van der Waals surface area contributed by atoms with Gasteiger partial charge in [0.15, 0.2) is 17.5 Å². The largest absolute Gasteiger partial charge is 0.455 e. The first-order valence-corrected chi connectivity index (χ1v) is 16.0. The number of thiophene rings is 1. The summed E-state index contributed by atoms with van der Waals surface area (Å²) in [6.45, 7) is 0. The molecule has 0 aliphatic rings. The molecule has 48 heavy (non-hydrogen) atoms. The van der Waals surface area contributed by atoms with Crippen molar-refractivity contribution in [2.45, 2.75) is 0 Å². The molecule has 10 rings (SSSR count). The Hall–Kier alpha value is -6.17. The van der Waals surface area contributed by atoms with Gasteiger partial charge in [-0.15, -0.1) is 11.3 Å². The van der Waals surface area contributed by atoms with Gasteiger partial charge in [-0.3, -0.25) is 0 Å². The first kappa shape index (κ1) is 19.5. The Morgan fingerprint density at radius 1 is 0.479 bits per heavy atom. The van der Waals surface area contributed by atoms with E-state index in [0.29, 0.717) is 11.1 Å². The second-order valence-electron chi connectivity index (χ2n) is 11.3. The molecule has 0 spiro atoms. The van der Waals surface area contributed by atoms with Gasteiger partial charge in [0.1, 0.15) is 11.2 Å². The van der Waals surface area contributed by atoms with Crippen molar-refractivity contribution in [3.8, 4) is 45.3 Å². The lowest BCUT2D eigenvalue weighted by Crippen LogP contribution is -2.00. The van der Waals surface area contributed by atoms with Gasteiger partial charge in [0.25, 0.3) is 0 Å². The summed E-state index contributed by atoms with van der Waals surface area (Å²) in [5, 5.41) is 1.69. The van der Waals surface area contributed by atoms with E-state index in [1.165, 1.54) is 0 Å². The van der Waals surface area contributed by atoms with Crippen LogP contribution in [0.1, 0.15) is 12.3 Å². The Kier molecular flexibility index (Phi) is 4.34. The molecule has 3 aromatic heterocycles. The fourth-order valence-electron chi connectivity index (χ4n) is 6.08. The van der Waals surface area contributed by atoms with Gasteiger partial charge >= 0.3 is 0 Å². The Morgan fingerprint density at radius 2 is 1.10 bits per heavy atom. The summed E-state index contributed by atoms with van der Waals surface area (Å²) in [4.78, 5) is 14.4. The maximum atomic E-state index is 9.40. The lowest BCUT2D eigenvalue weighted by Gasteiger charge is -2.08. The number of benzene rings is 7. The maximum Gasteiger partial charge on any atom is 0.164 e. The van der Waals surface area contributed by atoms with Crippen molar-refractivity contribution >= 4 is 64.2 Å². The van der Waals surface area contributed by atoms with Crippen LogP contribution >= 0.6 is 11.3 Å². The van der Waals surface area contributed by atoms with Crippen molar-refractivity contribution in [2.24, 2.45) is 0 Å². The van der Waals surface area contributed by atoms with Crippen molar-refractivity contribution in [2.75, 3.05) is 0 Å². The Morgan fingerprint density at radius 3 is 1.88 bits per heavy atom. The second-order valence-corrected chi connectivity index (χ2v) is 12.4. The Balaban J connectivity index is 1.20. The van der Waals surface area contributed by atoms with Gasteiger partial charge < -0.3 is 4.42 Å². The van der Waals surface area contributed by atoms with E-state index in [0.717, 1.165) is 31.3 Å². The summed E-state index contributed by atoms with van der Waals surface area (Å²) in [5.41, 5.74) is 3.11. The number of furan rings is 1. The molecule has 224 valence electrons. The number of fused-ring (bicyclic) bond motifs is 8. The van der Waals surface area contributed by atoms with Gasteiger partial charge in [-0.25, -0.2) is 15.0 Å². The van der Waals surface area contributed by atoms with Crippen LogP contribution in [-0.4, -0.2) is 15.0 Å². The summed E-state index contributed by atoms with van der Waals surface area (Å²) in [6, 6.07) is 27.7. The minimum absolute atomic E-state index is 0.0484. The third-order valence-corrected chi connectivity index (χ3v) is 9.53. The van der Waals surface area contributed by atoms with Gasteiger partial charge in [-0.2, -0.15) is 0 Å². The molecule has 0 saturated heterocycles. The van der Waals surface area contributed by atoms with Crippen LogP contribution in [0.4, 0.5) is 0 Å². The molecule has 3 heterocycles. The molecule has 0 saturated carbocycles. The minimum atomic E-state index is -0.558. The molecule has 0 fully saturated rings. The average molecular weight is 641 g/mol. The van der Waals surface area contributed by atoms with Crippen LogP contribution in [0.3, 0.4) is 0 Å². The summed E-state index contributed by atoms with van der Waals surface area (Å²) >= 11 is 1.65. The zero-order chi connectivity index (χ0) is 39.4. The molecule has 0 radical (unpaired) electrons. The van der Waals surface area contributed by atoms with Crippen LogP contribution in [-0.2, 0) is 0 Å². The maximum absolute atomic E-state index is 9.40. The summed E-state index contributed by atoms with van der Waals surface area (Å²) < 4.78 is 87.3. The zero-order valence-electron chi connectivity index (χ0n) is 33.9. The highest BCUT2D eigenvalue weighted by atomic mass is 32.1. The van der Waals surface area contributed by atoms with Gasteiger partial charge in [-0.05, 0) is 46.8 Å². The van der Waals surface area contributed by atoms with Crippen molar-refractivity contribution in [3.05, 3.63) is 151 Å². The van der Waals surface area contributed by atoms with E-state index in [9.17, 15) is 4.11 Å². The van der Waals surface area contributed by atoms with Crippen LogP contribution < -0.4 is 0 Å². The van der Waals surface area contributed by atoms with Gasteiger partial charge in [0.05, 0.1) is 12.3 Å². The van der Waals surface area contributed by atoms with E-state index in [1.54, 1.807) is 11.3 Å². The first-order valence-electron chi connectivity index (χ1n) is 19.7. The molecule has 0 bridgehead atoms. The topological polar surface area (TPSA) is 51.8 Å². The molecule has 10 aromatic rings. The molecule has 0 atom stereocenters. The SMILES string of the molecule is [2H]c1c([2H])c([2H])c2c(c1[2H])c([2H])c([2H])c1c2oc2c([2H])c(-c3nc(-c4ccccc4)nc(-c4ccc5c(c4)sc4cc(-c6ccccc6)ccc45)n3)c([2H])c([2H])c21. The van der Waals surface area contributed by atoms with Crippen LogP contribution in [0.2, 0.25) is 0 Å². The number of rotatable bonds is 4. The minimum Gasteiger partial charge on any atom is -0.455 e. The van der Waals surface area contributed by atoms with Crippen molar-refractivity contribution < 1.29 is 16.8 Å². The first-order chi connectivity index (χ1) is 27.5. The highest BCUT2D eigenvalue weighted by Gasteiger charge is 2.17. The fraction of sp³-hybridized carbons (Fsp3) is 0. The highest BCUT2D eigenvalue weighted by Crippen LogP contribution is 2.39. The van der Waals surface area contributed by atoms with Crippen LogP contribution in [0.5, 0.6) is 0 Å². The quantitative estimate of drug-likeness (QED) is 0.192.